The Morgan fingerprint density at radius 2 is 0.891 bits per heavy atom. The average molecular weight is 816 g/mol. The minimum Gasteiger partial charge on any atom is -0.456 e. The summed E-state index contributed by atoms with van der Waals surface area (Å²) in [6, 6.07) is 81.7. The van der Waals surface area contributed by atoms with Gasteiger partial charge in [-0.25, -0.2) is 0 Å². The highest BCUT2D eigenvalue weighted by Crippen LogP contribution is 2.63. The molecule has 0 saturated carbocycles. The zero-order valence-corrected chi connectivity index (χ0v) is 34.6. The van der Waals surface area contributed by atoms with Gasteiger partial charge in [-0.1, -0.05) is 182 Å². The molecule has 0 aliphatic heterocycles. The first kappa shape index (κ1) is 35.2. The lowest BCUT2D eigenvalue weighted by molar-refractivity contribution is 0.668. The summed E-state index contributed by atoms with van der Waals surface area (Å²) in [5, 5.41) is 4.43. The van der Waals surface area contributed by atoms with Gasteiger partial charge in [-0.2, -0.15) is 0 Å². The molecule has 0 saturated heterocycles. The van der Waals surface area contributed by atoms with E-state index in [2.05, 4.69) is 223 Å². The number of furan rings is 2. The Labute approximate surface area is 369 Å². The Hall–Kier alpha value is -8.40. The number of fused-ring (bicyclic) bond motifs is 19. The van der Waals surface area contributed by atoms with Crippen LogP contribution >= 0.6 is 0 Å². The van der Waals surface area contributed by atoms with Gasteiger partial charge in [0.25, 0.3) is 0 Å². The summed E-state index contributed by atoms with van der Waals surface area (Å²) >= 11 is 0. The highest BCUT2D eigenvalue weighted by atomic mass is 16.3. The molecular formula is C61H37NO2. The van der Waals surface area contributed by atoms with Crippen molar-refractivity contribution in [1.82, 2.24) is 0 Å². The largest absolute Gasteiger partial charge is 0.456 e. The van der Waals surface area contributed by atoms with E-state index in [1.165, 1.54) is 50.1 Å². The predicted molar refractivity (Wildman–Crippen MR) is 263 cm³/mol. The maximum atomic E-state index is 6.90. The lowest BCUT2D eigenvalue weighted by atomic mass is 9.66. The minimum absolute atomic E-state index is 0.671. The molecule has 2 aromatic heterocycles. The fourth-order valence-corrected chi connectivity index (χ4v) is 11.4. The Morgan fingerprint density at radius 3 is 1.70 bits per heavy atom. The van der Waals surface area contributed by atoms with Crippen LogP contribution in [-0.4, -0.2) is 0 Å². The predicted octanol–water partition coefficient (Wildman–Crippen LogP) is 16.6. The number of anilines is 3. The van der Waals surface area contributed by atoms with Gasteiger partial charge < -0.3 is 13.7 Å². The SMILES string of the molecule is c1ccc(-c2ccccc2N(c2ccc3c(c2)-c2ccccc2-c2ccccc2C32c3ccccc3-c3c2ccc2c3oc3ccccc32)c2cccc3oc4ccccc4c23)cc1. The van der Waals surface area contributed by atoms with Crippen molar-refractivity contribution in [3.8, 4) is 44.5 Å². The van der Waals surface area contributed by atoms with Crippen LogP contribution in [0.4, 0.5) is 17.1 Å². The van der Waals surface area contributed by atoms with E-state index in [0.717, 1.165) is 77.6 Å². The van der Waals surface area contributed by atoms with Gasteiger partial charge >= 0.3 is 0 Å². The molecule has 2 aliphatic carbocycles. The number of nitrogens with zero attached hydrogens (tertiary/aromatic N) is 1. The summed E-state index contributed by atoms with van der Waals surface area (Å²) in [4.78, 5) is 2.45. The number of hydrogen-bond donors (Lipinski definition) is 0. The lowest BCUT2D eigenvalue weighted by Gasteiger charge is -2.36. The van der Waals surface area contributed by atoms with Crippen LogP contribution in [0.5, 0.6) is 0 Å². The standard InChI is InChI=1S/C61H37NO2/c1-2-17-38(18-3-1)40-19-8-13-28-53(40)62(54-29-16-32-57-59(54)47-25-10-15-31-56(47)63-57)39-33-35-51-48(37-39)42-21-5-4-20-41(42)43-22-6-11-26-49(43)61(51)50-27-12-7-24-46(50)58-52(61)36-34-45-44-23-9-14-30-55(44)64-60(45)58/h1-37H. The Bertz CT molecular complexity index is 3870. The quantitative estimate of drug-likeness (QED) is 0.177. The second kappa shape index (κ2) is 13.3. The third kappa shape index (κ3) is 4.70. The molecule has 1 atom stereocenters. The van der Waals surface area contributed by atoms with E-state index in [0.29, 0.717) is 0 Å². The van der Waals surface area contributed by atoms with Gasteiger partial charge in [-0.3, -0.25) is 0 Å². The van der Waals surface area contributed by atoms with E-state index in [9.17, 15) is 0 Å². The van der Waals surface area contributed by atoms with Crippen molar-refractivity contribution in [2.24, 2.45) is 0 Å². The highest BCUT2D eigenvalue weighted by Gasteiger charge is 2.51. The maximum Gasteiger partial charge on any atom is 0.143 e. The van der Waals surface area contributed by atoms with Crippen LogP contribution in [0.15, 0.2) is 233 Å². The summed E-state index contributed by atoms with van der Waals surface area (Å²) in [6.45, 7) is 0. The summed E-state index contributed by atoms with van der Waals surface area (Å²) in [5.41, 5.74) is 20.5. The molecule has 0 amide bonds. The van der Waals surface area contributed by atoms with E-state index in [1.807, 2.05) is 6.07 Å². The topological polar surface area (TPSA) is 29.5 Å². The van der Waals surface area contributed by atoms with Gasteiger partial charge in [0, 0.05) is 33.0 Å². The molecule has 2 heterocycles. The first-order valence-electron chi connectivity index (χ1n) is 22.0. The molecule has 0 bridgehead atoms. The van der Waals surface area contributed by atoms with Crippen LogP contribution in [0.25, 0.3) is 88.4 Å². The zero-order valence-electron chi connectivity index (χ0n) is 34.6. The van der Waals surface area contributed by atoms with Crippen molar-refractivity contribution in [3.63, 3.8) is 0 Å². The van der Waals surface area contributed by atoms with Gasteiger partial charge in [0.1, 0.15) is 22.3 Å². The fourth-order valence-electron chi connectivity index (χ4n) is 11.4. The van der Waals surface area contributed by atoms with Gasteiger partial charge in [0.2, 0.25) is 0 Å². The first-order valence-corrected chi connectivity index (χ1v) is 22.0. The van der Waals surface area contributed by atoms with Gasteiger partial charge in [-0.05, 0) is 98.1 Å². The zero-order chi connectivity index (χ0) is 41.9. The molecule has 3 heteroatoms. The molecule has 64 heavy (non-hydrogen) atoms. The van der Waals surface area contributed by atoms with E-state index in [4.69, 9.17) is 8.83 Å². The van der Waals surface area contributed by atoms with Crippen molar-refractivity contribution >= 4 is 60.9 Å². The smallest absolute Gasteiger partial charge is 0.143 e. The van der Waals surface area contributed by atoms with Crippen molar-refractivity contribution in [2.45, 2.75) is 5.41 Å². The van der Waals surface area contributed by atoms with Crippen LogP contribution in [0.2, 0.25) is 0 Å². The third-order valence-corrected chi connectivity index (χ3v) is 13.9. The molecule has 1 spiro atoms. The average Bonchev–Trinajstić information content (AvgIpc) is 4.01. The number of benzene rings is 10. The van der Waals surface area contributed by atoms with Crippen molar-refractivity contribution in [2.75, 3.05) is 4.90 Å². The van der Waals surface area contributed by atoms with Crippen molar-refractivity contribution in [1.29, 1.82) is 0 Å². The van der Waals surface area contributed by atoms with Crippen LogP contribution in [0, 0.1) is 0 Å². The van der Waals surface area contributed by atoms with Crippen LogP contribution < -0.4 is 4.90 Å². The second-order valence-electron chi connectivity index (χ2n) is 17.0. The summed E-state index contributed by atoms with van der Waals surface area (Å²) in [6.07, 6.45) is 0. The molecule has 12 aromatic rings. The number of hydrogen-bond acceptors (Lipinski definition) is 3. The monoisotopic (exact) mass is 815 g/mol. The van der Waals surface area contributed by atoms with Gasteiger partial charge in [0.05, 0.1) is 22.2 Å². The fraction of sp³-hybridized carbons (Fsp3) is 0.0164. The first-order chi connectivity index (χ1) is 31.8. The molecule has 3 nitrogen and oxygen atoms in total. The number of rotatable bonds is 4. The molecule has 298 valence electrons. The lowest BCUT2D eigenvalue weighted by Crippen LogP contribution is -2.29. The van der Waals surface area contributed by atoms with Crippen molar-refractivity contribution in [3.05, 3.63) is 247 Å². The molecule has 0 fully saturated rings. The summed E-state index contributed by atoms with van der Waals surface area (Å²) < 4.78 is 13.5. The van der Waals surface area contributed by atoms with Gasteiger partial charge in [0.15, 0.2) is 0 Å². The Kier molecular flexibility index (Phi) is 7.32. The molecular weight excluding hydrogens is 779 g/mol. The van der Waals surface area contributed by atoms with Crippen LogP contribution in [0.3, 0.4) is 0 Å². The molecule has 2 aliphatic rings. The van der Waals surface area contributed by atoms with E-state index in [1.54, 1.807) is 0 Å². The maximum absolute atomic E-state index is 6.90. The Morgan fingerprint density at radius 1 is 0.328 bits per heavy atom. The van der Waals surface area contributed by atoms with E-state index < -0.39 is 5.41 Å². The molecule has 14 rings (SSSR count). The summed E-state index contributed by atoms with van der Waals surface area (Å²) in [5.74, 6) is 0. The van der Waals surface area contributed by atoms with Crippen LogP contribution in [0.1, 0.15) is 22.3 Å². The Balaban J connectivity index is 1.12. The molecule has 0 N–H and O–H groups in total. The van der Waals surface area contributed by atoms with E-state index >= 15 is 0 Å². The number of para-hydroxylation sites is 3. The van der Waals surface area contributed by atoms with E-state index in [-0.39, 0.29) is 0 Å². The normalized spacial score (nSPS) is 14.6. The third-order valence-electron chi connectivity index (χ3n) is 13.9. The van der Waals surface area contributed by atoms with Crippen LogP contribution in [-0.2, 0) is 5.41 Å². The molecule has 1 unspecified atom stereocenters. The minimum atomic E-state index is -0.671. The highest BCUT2D eigenvalue weighted by molar-refractivity contribution is 6.15. The second-order valence-corrected chi connectivity index (χ2v) is 17.0. The van der Waals surface area contributed by atoms with Gasteiger partial charge in [-0.15, -0.1) is 0 Å². The molecule has 0 radical (unpaired) electrons. The molecule has 10 aromatic carbocycles. The summed E-state index contributed by atoms with van der Waals surface area (Å²) in [7, 11) is 0. The van der Waals surface area contributed by atoms with Crippen molar-refractivity contribution < 1.29 is 8.83 Å².